The van der Waals surface area contributed by atoms with Gasteiger partial charge in [0.1, 0.15) is 11.3 Å². The van der Waals surface area contributed by atoms with Gasteiger partial charge in [0.15, 0.2) is 11.2 Å². The van der Waals surface area contributed by atoms with Crippen LogP contribution in [0, 0.1) is 6.92 Å². The number of fused-ring (bicyclic) bond motifs is 1. The summed E-state index contributed by atoms with van der Waals surface area (Å²) in [7, 11) is 0. The zero-order chi connectivity index (χ0) is 18.8. The molecular formula is C21H17NO4S. The lowest BCUT2D eigenvalue weighted by Crippen LogP contribution is -2.30. The van der Waals surface area contributed by atoms with Crippen LogP contribution in [-0.2, 0) is 13.1 Å². The molecule has 27 heavy (non-hydrogen) atoms. The number of benzene rings is 1. The molecule has 0 bridgehead atoms. The van der Waals surface area contributed by atoms with Crippen molar-refractivity contribution < 1.29 is 13.6 Å². The Morgan fingerprint density at radius 1 is 1.11 bits per heavy atom. The number of carbonyl (C=O) groups excluding carboxylic acids is 1. The van der Waals surface area contributed by atoms with Crippen LogP contribution >= 0.6 is 11.3 Å². The highest BCUT2D eigenvalue weighted by molar-refractivity contribution is 7.10. The van der Waals surface area contributed by atoms with Crippen LogP contribution in [-0.4, -0.2) is 10.8 Å². The fourth-order valence-corrected chi connectivity index (χ4v) is 3.82. The first-order valence-corrected chi connectivity index (χ1v) is 9.37. The minimum atomic E-state index is -0.345. The zero-order valence-electron chi connectivity index (χ0n) is 14.7. The van der Waals surface area contributed by atoms with Gasteiger partial charge in [0.2, 0.25) is 0 Å². The van der Waals surface area contributed by atoms with E-state index in [1.165, 1.54) is 6.07 Å². The largest absolute Gasteiger partial charge is 0.467 e. The number of amides is 1. The van der Waals surface area contributed by atoms with E-state index in [-0.39, 0.29) is 17.1 Å². The van der Waals surface area contributed by atoms with Crippen LogP contribution in [0.1, 0.15) is 26.8 Å². The van der Waals surface area contributed by atoms with E-state index in [0.29, 0.717) is 29.8 Å². The molecule has 0 atom stereocenters. The molecule has 3 heterocycles. The van der Waals surface area contributed by atoms with Crippen molar-refractivity contribution in [2.75, 3.05) is 0 Å². The minimum Gasteiger partial charge on any atom is -0.467 e. The van der Waals surface area contributed by atoms with Gasteiger partial charge in [-0.2, -0.15) is 0 Å². The fourth-order valence-electron chi connectivity index (χ4n) is 2.89. The lowest BCUT2D eigenvalue weighted by atomic mass is 10.2. The molecule has 0 aliphatic heterocycles. The molecule has 0 fully saturated rings. The highest BCUT2D eigenvalue weighted by atomic mass is 32.1. The molecule has 0 unspecified atom stereocenters. The van der Waals surface area contributed by atoms with Gasteiger partial charge >= 0.3 is 0 Å². The second-order valence-electron chi connectivity index (χ2n) is 6.24. The van der Waals surface area contributed by atoms with Gasteiger partial charge in [0.25, 0.3) is 5.91 Å². The molecule has 1 amide bonds. The second kappa shape index (κ2) is 7.25. The molecule has 4 rings (SSSR count). The van der Waals surface area contributed by atoms with E-state index in [2.05, 4.69) is 0 Å². The van der Waals surface area contributed by atoms with Crippen molar-refractivity contribution in [3.63, 3.8) is 0 Å². The lowest BCUT2D eigenvalue weighted by Gasteiger charge is -2.21. The smallest absolute Gasteiger partial charge is 0.290 e. The number of hydrogen-bond donors (Lipinski definition) is 0. The predicted molar refractivity (Wildman–Crippen MR) is 104 cm³/mol. The van der Waals surface area contributed by atoms with Crippen LogP contribution in [0.2, 0.25) is 0 Å². The molecule has 5 nitrogen and oxygen atoms in total. The van der Waals surface area contributed by atoms with E-state index in [0.717, 1.165) is 10.4 Å². The third-order valence-electron chi connectivity index (χ3n) is 4.36. The molecule has 0 saturated heterocycles. The minimum absolute atomic E-state index is 0.0273. The maximum absolute atomic E-state index is 13.2. The molecule has 4 aromatic rings. The summed E-state index contributed by atoms with van der Waals surface area (Å²) < 4.78 is 11.1. The van der Waals surface area contributed by atoms with E-state index in [9.17, 15) is 9.59 Å². The third-order valence-corrected chi connectivity index (χ3v) is 5.37. The van der Waals surface area contributed by atoms with Crippen LogP contribution in [0.25, 0.3) is 11.0 Å². The summed E-state index contributed by atoms with van der Waals surface area (Å²) in [4.78, 5) is 28.2. The molecule has 0 saturated carbocycles. The second-order valence-corrected chi connectivity index (χ2v) is 7.24. The molecular weight excluding hydrogens is 362 g/mol. The van der Waals surface area contributed by atoms with Crippen molar-refractivity contribution in [3.05, 3.63) is 92.4 Å². The summed E-state index contributed by atoms with van der Waals surface area (Å²) in [6.45, 7) is 2.72. The summed E-state index contributed by atoms with van der Waals surface area (Å²) >= 11 is 1.59. The maximum Gasteiger partial charge on any atom is 0.290 e. The molecule has 0 spiro atoms. The van der Waals surface area contributed by atoms with E-state index in [1.807, 2.05) is 24.4 Å². The van der Waals surface area contributed by atoms with Crippen molar-refractivity contribution in [3.8, 4) is 0 Å². The average Bonchev–Trinajstić information content (AvgIpc) is 3.33. The number of nitrogens with zero attached hydrogens (tertiary/aromatic N) is 1. The highest BCUT2D eigenvalue weighted by Crippen LogP contribution is 2.22. The van der Waals surface area contributed by atoms with Crippen molar-refractivity contribution in [2.24, 2.45) is 0 Å². The SMILES string of the molecule is Cc1ccsc1CN(Cc1ccco1)C(=O)c1cc(=O)c2ccccc2o1. The molecule has 1 aromatic carbocycles. The summed E-state index contributed by atoms with van der Waals surface area (Å²) in [5.74, 6) is 0.349. The maximum atomic E-state index is 13.2. The van der Waals surface area contributed by atoms with E-state index >= 15 is 0 Å². The third kappa shape index (κ3) is 3.57. The van der Waals surface area contributed by atoms with Gasteiger partial charge < -0.3 is 13.7 Å². The number of carbonyl (C=O) groups is 1. The Labute approximate surface area is 159 Å². The quantitative estimate of drug-likeness (QED) is 0.508. The van der Waals surface area contributed by atoms with Gasteiger partial charge in [-0.3, -0.25) is 9.59 Å². The molecule has 136 valence electrons. The topological polar surface area (TPSA) is 63.7 Å². The first kappa shape index (κ1) is 17.3. The lowest BCUT2D eigenvalue weighted by molar-refractivity contribution is 0.0687. The fraction of sp³-hybridized carbons (Fsp3) is 0.143. The molecule has 0 aliphatic carbocycles. The summed E-state index contributed by atoms with van der Waals surface area (Å²) in [5, 5.41) is 2.46. The van der Waals surface area contributed by atoms with Crippen molar-refractivity contribution >= 4 is 28.2 Å². The van der Waals surface area contributed by atoms with Crippen LogP contribution in [0.3, 0.4) is 0 Å². The van der Waals surface area contributed by atoms with E-state index < -0.39 is 0 Å². The van der Waals surface area contributed by atoms with Crippen LogP contribution in [0.5, 0.6) is 0 Å². The Kier molecular flexibility index (Phi) is 4.64. The molecule has 0 aliphatic rings. The number of thiophene rings is 1. The number of rotatable bonds is 5. The monoisotopic (exact) mass is 379 g/mol. The Morgan fingerprint density at radius 2 is 1.96 bits per heavy atom. The summed E-state index contributed by atoms with van der Waals surface area (Å²) in [5.41, 5.74) is 1.29. The molecule has 3 aromatic heterocycles. The first-order chi connectivity index (χ1) is 13.1. The van der Waals surface area contributed by atoms with Gasteiger partial charge in [-0.05, 0) is 48.2 Å². The zero-order valence-corrected chi connectivity index (χ0v) is 15.5. The Hall–Kier alpha value is -3.12. The number of hydrogen-bond acceptors (Lipinski definition) is 5. The van der Waals surface area contributed by atoms with Crippen molar-refractivity contribution in [2.45, 2.75) is 20.0 Å². The number of furan rings is 1. The van der Waals surface area contributed by atoms with Crippen molar-refractivity contribution in [1.29, 1.82) is 0 Å². The predicted octanol–water partition coefficient (Wildman–Crippen LogP) is 4.60. The van der Waals surface area contributed by atoms with Crippen LogP contribution < -0.4 is 5.43 Å². The Balaban J connectivity index is 1.71. The highest BCUT2D eigenvalue weighted by Gasteiger charge is 2.22. The Bertz CT molecular complexity index is 1140. The van der Waals surface area contributed by atoms with E-state index in [4.69, 9.17) is 8.83 Å². The van der Waals surface area contributed by atoms with Gasteiger partial charge in [-0.1, -0.05) is 12.1 Å². The standard InChI is InChI=1S/C21H17NO4S/c1-14-8-10-27-20(14)13-22(12-15-5-4-9-25-15)21(24)19-11-17(23)16-6-2-3-7-18(16)26-19/h2-11H,12-13H2,1H3. The summed E-state index contributed by atoms with van der Waals surface area (Å²) in [6, 6.07) is 13.8. The molecule has 6 heteroatoms. The van der Waals surface area contributed by atoms with Crippen LogP contribution in [0.15, 0.2) is 73.8 Å². The van der Waals surface area contributed by atoms with Crippen molar-refractivity contribution in [1.82, 2.24) is 4.90 Å². The normalized spacial score (nSPS) is 11.0. The Morgan fingerprint density at radius 3 is 2.70 bits per heavy atom. The van der Waals surface area contributed by atoms with Crippen LogP contribution in [0.4, 0.5) is 0 Å². The first-order valence-electron chi connectivity index (χ1n) is 8.49. The van der Waals surface area contributed by atoms with Gasteiger partial charge in [-0.15, -0.1) is 11.3 Å². The van der Waals surface area contributed by atoms with Gasteiger partial charge in [0.05, 0.1) is 24.7 Å². The molecule has 0 radical (unpaired) electrons. The van der Waals surface area contributed by atoms with Gasteiger partial charge in [0, 0.05) is 10.9 Å². The molecule has 0 N–H and O–H groups in total. The van der Waals surface area contributed by atoms with E-state index in [1.54, 1.807) is 52.8 Å². The summed E-state index contributed by atoms with van der Waals surface area (Å²) in [6.07, 6.45) is 1.57. The number of para-hydroxylation sites is 1. The van der Waals surface area contributed by atoms with Gasteiger partial charge in [-0.25, -0.2) is 0 Å². The number of aryl methyl sites for hydroxylation is 1. The average molecular weight is 379 g/mol.